The van der Waals surface area contributed by atoms with Gasteiger partial charge in [0, 0.05) is 29.4 Å². The van der Waals surface area contributed by atoms with Crippen LogP contribution in [0.1, 0.15) is 35.8 Å². The summed E-state index contributed by atoms with van der Waals surface area (Å²) in [6.07, 6.45) is 3.07. The Hall–Kier alpha value is -2.93. The van der Waals surface area contributed by atoms with Gasteiger partial charge in [-0.05, 0) is 42.5 Å². The topological polar surface area (TPSA) is 80.4 Å². The van der Waals surface area contributed by atoms with Crippen molar-refractivity contribution in [2.45, 2.75) is 24.5 Å². The second kappa shape index (κ2) is 7.83. The number of pyridine rings is 1. The van der Waals surface area contributed by atoms with Crippen LogP contribution in [0.2, 0.25) is 0 Å². The van der Waals surface area contributed by atoms with Gasteiger partial charge in [-0.1, -0.05) is 43.0 Å². The maximum atomic E-state index is 14.7. The van der Waals surface area contributed by atoms with Crippen LogP contribution < -0.4 is 11.1 Å². The van der Waals surface area contributed by atoms with E-state index in [0.717, 1.165) is 10.8 Å². The molecule has 1 aromatic heterocycles. The highest BCUT2D eigenvalue weighted by molar-refractivity contribution is 8.14. The zero-order valence-electron chi connectivity index (χ0n) is 16.0. The number of aliphatic imine (C=N–C) groups is 1. The molecule has 0 unspecified atom stereocenters. The molecule has 0 aliphatic carbocycles. The van der Waals surface area contributed by atoms with Crippen LogP contribution in [0.5, 0.6) is 0 Å². The van der Waals surface area contributed by atoms with Gasteiger partial charge in [0.25, 0.3) is 5.91 Å². The van der Waals surface area contributed by atoms with Crippen LogP contribution >= 0.6 is 11.8 Å². The molecular formula is C22H21FN4OS. The Kier molecular flexibility index (Phi) is 5.24. The van der Waals surface area contributed by atoms with Gasteiger partial charge in [0.2, 0.25) is 0 Å². The molecule has 0 saturated heterocycles. The fourth-order valence-corrected chi connectivity index (χ4v) is 4.77. The fraction of sp³-hybridized carbons (Fsp3) is 0.227. The maximum absolute atomic E-state index is 14.7. The van der Waals surface area contributed by atoms with E-state index in [1.54, 1.807) is 24.4 Å². The van der Waals surface area contributed by atoms with E-state index in [9.17, 15) is 9.18 Å². The summed E-state index contributed by atoms with van der Waals surface area (Å²) in [5.74, 6) is -0.646. The molecule has 1 aliphatic rings. The molecule has 0 fully saturated rings. The van der Waals surface area contributed by atoms with E-state index in [2.05, 4.69) is 15.3 Å². The first kappa shape index (κ1) is 19.4. The van der Waals surface area contributed by atoms with Gasteiger partial charge in [0.05, 0.1) is 4.75 Å². The Morgan fingerprint density at radius 1 is 1.24 bits per heavy atom. The Morgan fingerprint density at radius 3 is 2.79 bits per heavy atom. The molecule has 1 atom stereocenters. The second-order valence-electron chi connectivity index (χ2n) is 6.99. The minimum atomic E-state index is -0.488. The van der Waals surface area contributed by atoms with Gasteiger partial charge in [-0.15, -0.1) is 0 Å². The normalized spacial score (nSPS) is 19.0. The quantitative estimate of drug-likeness (QED) is 0.657. The molecule has 3 aromatic rings. The number of hydrogen-bond donors (Lipinski definition) is 2. The van der Waals surface area contributed by atoms with E-state index in [-0.39, 0.29) is 11.7 Å². The van der Waals surface area contributed by atoms with Crippen LogP contribution in [-0.4, -0.2) is 22.6 Å². The van der Waals surface area contributed by atoms with Crippen molar-refractivity contribution in [3.05, 3.63) is 71.8 Å². The van der Waals surface area contributed by atoms with Gasteiger partial charge in [-0.3, -0.25) is 14.8 Å². The van der Waals surface area contributed by atoms with Crippen molar-refractivity contribution >= 4 is 39.3 Å². The number of amidine groups is 1. The predicted octanol–water partition coefficient (Wildman–Crippen LogP) is 4.68. The largest absolute Gasteiger partial charge is 0.379 e. The fourth-order valence-electron chi connectivity index (χ4n) is 3.61. The van der Waals surface area contributed by atoms with E-state index in [1.165, 1.54) is 17.8 Å². The van der Waals surface area contributed by atoms with Gasteiger partial charge < -0.3 is 11.1 Å². The summed E-state index contributed by atoms with van der Waals surface area (Å²) >= 11 is 1.39. The first-order valence-electron chi connectivity index (χ1n) is 9.46. The first-order chi connectivity index (χ1) is 14.0. The number of thioether (sulfide) groups is 1. The van der Waals surface area contributed by atoms with Crippen LogP contribution in [0.25, 0.3) is 10.8 Å². The predicted molar refractivity (Wildman–Crippen MR) is 117 cm³/mol. The van der Waals surface area contributed by atoms with Crippen LogP contribution in [0.15, 0.2) is 59.7 Å². The molecule has 2 heterocycles. The summed E-state index contributed by atoms with van der Waals surface area (Å²) in [6, 6.07) is 14.1. The zero-order valence-corrected chi connectivity index (χ0v) is 16.8. The van der Waals surface area contributed by atoms with E-state index in [4.69, 9.17) is 5.73 Å². The Balaban J connectivity index is 1.63. The maximum Gasteiger partial charge on any atom is 0.274 e. The number of carbonyl (C=O) groups is 1. The zero-order chi connectivity index (χ0) is 20.4. The monoisotopic (exact) mass is 408 g/mol. The molecule has 7 heteroatoms. The van der Waals surface area contributed by atoms with E-state index < -0.39 is 4.75 Å². The van der Waals surface area contributed by atoms with Crippen LogP contribution in [0, 0.1) is 5.82 Å². The third kappa shape index (κ3) is 3.82. The molecule has 0 spiro atoms. The number of halogens is 1. The lowest BCUT2D eigenvalue weighted by atomic mass is 9.91. The number of rotatable bonds is 4. The van der Waals surface area contributed by atoms with E-state index in [1.807, 2.05) is 31.2 Å². The number of amides is 1. The number of nitrogens with two attached hydrogens (primary N) is 1. The number of nitrogens with one attached hydrogen (secondary N) is 1. The van der Waals surface area contributed by atoms with Gasteiger partial charge >= 0.3 is 0 Å². The van der Waals surface area contributed by atoms with E-state index >= 15 is 0 Å². The summed E-state index contributed by atoms with van der Waals surface area (Å²) in [5, 5.41) is 5.21. The van der Waals surface area contributed by atoms with Crippen molar-refractivity contribution in [3.8, 4) is 0 Å². The van der Waals surface area contributed by atoms with Crippen molar-refractivity contribution < 1.29 is 9.18 Å². The standard InChI is InChI=1S/C22H21FN4OS/c1-2-22(9-10-25-21(24)29-22)17-12-16(7-8-18(17)23)27-20(28)19-11-14-5-3-4-6-15(14)13-26-19/h3-8,11-13H,2,9-10H2,1H3,(H2,24,25)(H,27,28)/t22-/m0/s1. The lowest BCUT2D eigenvalue weighted by Crippen LogP contribution is -2.31. The third-order valence-electron chi connectivity index (χ3n) is 5.23. The van der Waals surface area contributed by atoms with Crippen molar-refractivity contribution in [3.63, 3.8) is 0 Å². The Bertz CT molecular complexity index is 1120. The molecule has 29 heavy (non-hydrogen) atoms. The average Bonchev–Trinajstić information content (AvgIpc) is 2.74. The number of carbonyl (C=O) groups excluding carboxylic acids is 1. The number of fused-ring (bicyclic) bond motifs is 1. The highest BCUT2D eigenvalue weighted by Crippen LogP contribution is 2.46. The molecule has 3 N–H and O–H groups in total. The Morgan fingerprint density at radius 2 is 2.03 bits per heavy atom. The lowest BCUT2D eigenvalue weighted by Gasteiger charge is -2.35. The molecule has 1 amide bonds. The third-order valence-corrected chi connectivity index (χ3v) is 6.67. The SMILES string of the molecule is CC[C@@]1(c2cc(NC(=O)c3cc4ccccc4cn3)ccc2F)CCN=C(N)S1. The molecular weight excluding hydrogens is 387 g/mol. The van der Waals surface area contributed by atoms with E-state index in [0.29, 0.717) is 41.5 Å². The van der Waals surface area contributed by atoms with Gasteiger partial charge in [0.15, 0.2) is 5.17 Å². The summed E-state index contributed by atoms with van der Waals surface area (Å²) in [4.78, 5) is 21.2. The van der Waals surface area contributed by atoms with Crippen LogP contribution in [-0.2, 0) is 4.75 Å². The molecule has 148 valence electrons. The van der Waals surface area contributed by atoms with Crippen LogP contribution in [0.4, 0.5) is 10.1 Å². The summed E-state index contributed by atoms with van der Waals surface area (Å²) in [7, 11) is 0. The highest BCUT2D eigenvalue weighted by Gasteiger charge is 2.37. The van der Waals surface area contributed by atoms with Gasteiger partial charge in [-0.25, -0.2) is 4.39 Å². The Labute approximate surface area is 172 Å². The molecule has 4 rings (SSSR count). The van der Waals surface area contributed by atoms with Crippen molar-refractivity contribution in [1.29, 1.82) is 0 Å². The summed E-state index contributed by atoms with van der Waals surface area (Å²) < 4.78 is 14.2. The molecule has 2 aromatic carbocycles. The number of nitrogens with zero attached hydrogens (tertiary/aromatic N) is 2. The number of benzene rings is 2. The van der Waals surface area contributed by atoms with Crippen LogP contribution in [0.3, 0.4) is 0 Å². The number of aromatic nitrogens is 1. The van der Waals surface area contributed by atoms with Crippen molar-refractivity contribution in [2.75, 3.05) is 11.9 Å². The molecule has 0 bridgehead atoms. The summed E-state index contributed by atoms with van der Waals surface area (Å²) in [6.45, 7) is 2.57. The first-order valence-corrected chi connectivity index (χ1v) is 10.3. The molecule has 5 nitrogen and oxygen atoms in total. The minimum absolute atomic E-state index is 0.309. The second-order valence-corrected chi connectivity index (χ2v) is 8.39. The number of anilines is 1. The summed E-state index contributed by atoms with van der Waals surface area (Å²) in [5.41, 5.74) is 7.29. The van der Waals surface area contributed by atoms with Gasteiger partial charge in [-0.2, -0.15) is 0 Å². The molecule has 0 saturated carbocycles. The van der Waals surface area contributed by atoms with Crippen molar-refractivity contribution in [1.82, 2.24) is 4.98 Å². The number of hydrogen-bond acceptors (Lipinski definition) is 5. The van der Waals surface area contributed by atoms with Gasteiger partial charge in [0.1, 0.15) is 11.5 Å². The van der Waals surface area contributed by atoms with Crippen molar-refractivity contribution in [2.24, 2.45) is 10.7 Å². The smallest absolute Gasteiger partial charge is 0.274 e. The molecule has 0 radical (unpaired) electrons. The molecule has 1 aliphatic heterocycles. The lowest BCUT2D eigenvalue weighted by molar-refractivity contribution is 0.102. The minimum Gasteiger partial charge on any atom is -0.379 e. The highest BCUT2D eigenvalue weighted by atomic mass is 32.2. The average molecular weight is 409 g/mol.